The van der Waals surface area contributed by atoms with Crippen LogP contribution in [0.3, 0.4) is 0 Å². The van der Waals surface area contributed by atoms with Crippen molar-refractivity contribution in [2.24, 2.45) is 0 Å². The molecule has 0 spiro atoms. The molecule has 0 fully saturated rings. The standard InChI is InChI=1S/C12H18N2O2/c1-5-8(3)10-7-11(14-13-10)9(4)12(15)16-6-2/h7-8H,4-6H2,1-3H3,(H,13,14). The summed E-state index contributed by atoms with van der Waals surface area (Å²) >= 11 is 0. The Hall–Kier alpha value is -1.58. The van der Waals surface area contributed by atoms with Crippen LogP contribution in [-0.2, 0) is 9.53 Å². The van der Waals surface area contributed by atoms with Crippen molar-refractivity contribution < 1.29 is 9.53 Å². The normalized spacial score (nSPS) is 12.2. The Morgan fingerprint density at radius 3 is 2.88 bits per heavy atom. The molecular formula is C12H18N2O2. The topological polar surface area (TPSA) is 55.0 Å². The Kier molecular flexibility index (Phi) is 4.28. The number of nitrogens with zero attached hydrogens (tertiary/aromatic N) is 1. The highest BCUT2D eigenvalue weighted by molar-refractivity contribution is 6.14. The lowest BCUT2D eigenvalue weighted by Crippen LogP contribution is -2.05. The van der Waals surface area contributed by atoms with Gasteiger partial charge in [-0.25, -0.2) is 4.79 Å². The molecule has 4 nitrogen and oxygen atoms in total. The molecule has 1 aromatic rings. The molecule has 88 valence electrons. The Morgan fingerprint density at radius 1 is 1.62 bits per heavy atom. The molecule has 1 heterocycles. The number of carbonyl (C=O) groups excluding carboxylic acids is 1. The van der Waals surface area contributed by atoms with Crippen LogP contribution in [0.25, 0.3) is 5.57 Å². The number of carbonyl (C=O) groups is 1. The second-order valence-electron chi connectivity index (χ2n) is 3.72. The molecule has 0 bridgehead atoms. The van der Waals surface area contributed by atoms with Crippen LogP contribution in [0.5, 0.6) is 0 Å². The number of nitrogens with one attached hydrogen (secondary N) is 1. The number of rotatable bonds is 5. The molecule has 0 saturated carbocycles. The Bertz CT molecular complexity index is 382. The van der Waals surface area contributed by atoms with Gasteiger partial charge in [-0.1, -0.05) is 20.4 Å². The molecule has 0 saturated heterocycles. The molecule has 0 aliphatic heterocycles. The molecule has 0 aromatic carbocycles. The fraction of sp³-hybridized carbons (Fsp3) is 0.500. The van der Waals surface area contributed by atoms with E-state index in [4.69, 9.17) is 4.74 Å². The van der Waals surface area contributed by atoms with E-state index < -0.39 is 5.97 Å². The van der Waals surface area contributed by atoms with Crippen LogP contribution >= 0.6 is 0 Å². The molecule has 0 aliphatic rings. The van der Waals surface area contributed by atoms with Crippen LogP contribution in [0.2, 0.25) is 0 Å². The van der Waals surface area contributed by atoms with E-state index in [-0.39, 0.29) is 0 Å². The molecule has 1 atom stereocenters. The maximum absolute atomic E-state index is 11.4. The number of hydrogen-bond donors (Lipinski definition) is 1. The first kappa shape index (κ1) is 12.5. The summed E-state index contributed by atoms with van der Waals surface area (Å²) in [5.74, 6) is -0.0130. The summed E-state index contributed by atoms with van der Waals surface area (Å²) in [6, 6.07) is 1.85. The van der Waals surface area contributed by atoms with E-state index in [0.29, 0.717) is 23.8 Å². The molecule has 16 heavy (non-hydrogen) atoms. The van der Waals surface area contributed by atoms with Gasteiger partial charge in [0, 0.05) is 5.69 Å². The minimum absolute atomic E-state index is 0.299. The van der Waals surface area contributed by atoms with Crippen LogP contribution in [0.15, 0.2) is 12.6 Å². The SMILES string of the molecule is C=C(C(=O)OCC)c1cc(C(C)CC)[nH]n1. The minimum atomic E-state index is -0.412. The summed E-state index contributed by atoms with van der Waals surface area (Å²) in [4.78, 5) is 11.4. The first-order valence-electron chi connectivity index (χ1n) is 5.51. The van der Waals surface area contributed by atoms with Crippen LogP contribution in [-0.4, -0.2) is 22.8 Å². The van der Waals surface area contributed by atoms with Gasteiger partial charge in [0.05, 0.1) is 17.9 Å². The van der Waals surface area contributed by atoms with Crippen molar-refractivity contribution in [3.05, 3.63) is 24.0 Å². The van der Waals surface area contributed by atoms with Crippen molar-refractivity contribution in [3.63, 3.8) is 0 Å². The zero-order chi connectivity index (χ0) is 12.1. The van der Waals surface area contributed by atoms with Crippen LogP contribution in [0.4, 0.5) is 0 Å². The van der Waals surface area contributed by atoms with E-state index in [1.54, 1.807) is 6.92 Å². The average Bonchev–Trinajstić information content (AvgIpc) is 2.76. The molecule has 1 rings (SSSR count). The molecular weight excluding hydrogens is 204 g/mol. The maximum atomic E-state index is 11.4. The molecule has 0 radical (unpaired) electrons. The predicted octanol–water partition coefficient (Wildman–Crippen LogP) is 2.50. The summed E-state index contributed by atoms with van der Waals surface area (Å²) in [7, 11) is 0. The van der Waals surface area contributed by atoms with Crippen molar-refractivity contribution >= 4 is 11.5 Å². The maximum Gasteiger partial charge on any atom is 0.339 e. The van der Waals surface area contributed by atoms with Gasteiger partial charge in [0.15, 0.2) is 0 Å². The van der Waals surface area contributed by atoms with Crippen molar-refractivity contribution in [2.75, 3.05) is 6.61 Å². The molecule has 0 amide bonds. The third-order valence-electron chi connectivity index (χ3n) is 2.57. The van der Waals surface area contributed by atoms with Gasteiger partial charge in [-0.05, 0) is 25.3 Å². The average molecular weight is 222 g/mol. The van der Waals surface area contributed by atoms with Crippen LogP contribution in [0, 0.1) is 0 Å². The van der Waals surface area contributed by atoms with Gasteiger partial charge in [0.25, 0.3) is 0 Å². The first-order valence-corrected chi connectivity index (χ1v) is 5.51. The van der Waals surface area contributed by atoms with Crippen molar-refractivity contribution in [1.29, 1.82) is 0 Å². The zero-order valence-electron chi connectivity index (χ0n) is 10.0. The number of H-pyrrole nitrogens is 1. The predicted molar refractivity (Wildman–Crippen MR) is 63.0 cm³/mol. The lowest BCUT2D eigenvalue weighted by molar-refractivity contribution is -0.136. The highest BCUT2D eigenvalue weighted by atomic mass is 16.5. The Balaban J connectivity index is 2.78. The quantitative estimate of drug-likeness (QED) is 0.615. The largest absolute Gasteiger partial charge is 0.462 e. The van der Waals surface area contributed by atoms with Gasteiger partial charge < -0.3 is 4.74 Å². The smallest absolute Gasteiger partial charge is 0.339 e. The third kappa shape index (κ3) is 2.72. The lowest BCUT2D eigenvalue weighted by atomic mass is 10.0. The fourth-order valence-electron chi connectivity index (χ4n) is 1.29. The Labute approximate surface area is 95.7 Å². The van der Waals surface area contributed by atoms with Gasteiger partial charge in [-0.15, -0.1) is 0 Å². The number of ether oxygens (including phenoxy) is 1. The monoisotopic (exact) mass is 222 g/mol. The molecule has 4 heteroatoms. The molecule has 1 aromatic heterocycles. The van der Waals surface area contributed by atoms with Gasteiger partial charge >= 0.3 is 5.97 Å². The number of aromatic amines is 1. The third-order valence-corrected chi connectivity index (χ3v) is 2.57. The van der Waals surface area contributed by atoms with Crippen molar-refractivity contribution in [1.82, 2.24) is 10.2 Å². The zero-order valence-corrected chi connectivity index (χ0v) is 10.0. The second kappa shape index (κ2) is 5.49. The first-order chi connectivity index (χ1) is 7.60. The highest BCUT2D eigenvalue weighted by Gasteiger charge is 2.15. The van der Waals surface area contributed by atoms with Gasteiger partial charge in [-0.3, -0.25) is 5.10 Å². The van der Waals surface area contributed by atoms with Gasteiger partial charge in [0.2, 0.25) is 0 Å². The summed E-state index contributed by atoms with van der Waals surface area (Å²) < 4.78 is 4.86. The summed E-state index contributed by atoms with van der Waals surface area (Å²) in [6.07, 6.45) is 1.02. The molecule has 1 N–H and O–H groups in total. The lowest BCUT2D eigenvalue weighted by Gasteiger charge is -2.03. The van der Waals surface area contributed by atoms with E-state index in [2.05, 4.69) is 30.6 Å². The summed E-state index contributed by atoms with van der Waals surface area (Å²) in [5, 5.41) is 6.98. The van der Waals surface area contributed by atoms with E-state index in [0.717, 1.165) is 12.1 Å². The van der Waals surface area contributed by atoms with Crippen LogP contribution in [0.1, 0.15) is 44.5 Å². The van der Waals surface area contributed by atoms with Crippen molar-refractivity contribution in [2.45, 2.75) is 33.1 Å². The summed E-state index contributed by atoms with van der Waals surface area (Å²) in [6.45, 7) is 10.0. The highest BCUT2D eigenvalue weighted by Crippen LogP contribution is 2.20. The summed E-state index contributed by atoms with van der Waals surface area (Å²) in [5.41, 5.74) is 1.88. The molecule has 0 aliphatic carbocycles. The van der Waals surface area contributed by atoms with Gasteiger partial charge in [0.1, 0.15) is 0 Å². The van der Waals surface area contributed by atoms with E-state index in [1.165, 1.54) is 0 Å². The Morgan fingerprint density at radius 2 is 2.31 bits per heavy atom. The number of esters is 1. The molecule has 1 unspecified atom stereocenters. The number of aromatic nitrogens is 2. The minimum Gasteiger partial charge on any atom is -0.462 e. The second-order valence-corrected chi connectivity index (χ2v) is 3.72. The van der Waals surface area contributed by atoms with Gasteiger partial charge in [-0.2, -0.15) is 5.10 Å². The van der Waals surface area contributed by atoms with E-state index in [1.807, 2.05) is 6.07 Å². The van der Waals surface area contributed by atoms with Crippen molar-refractivity contribution in [3.8, 4) is 0 Å². The van der Waals surface area contributed by atoms with E-state index in [9.17, 15) is 4.79 Å². The fourth-order valence-corrected chi connectivity index (χ4v) is 1.29. The van der Waals surface area contributed by atoms with Crippen LogP contribution < -0.4 is 0 Å². The number of hydrogen-bond acceptors (Lipinski definition) is 3. The van der Waals surface area contributed by atoms with E-state index >= 15 is 0 Å².